The van der Waals surface area contributed by atoms with E-state index in [1.165, 1.54) is 0 Å². The van der Waals surface area contributed by atoms with Gasteiger partial charge in [0.2, 0.25) is 5.91 Å². The first kappa shape index (κ1) is 22.6. The van der Waals surface area contributed by atoms with E-state index in [0.717, 1.165) is 29.4 Å². The van der Waals surface area contributed by atoms with E-state index >= 15 is 0 Å². The van der Waals surface area contributed by atoms with Crippen molar-refractivity contribution in [1.82, 2.24) is 20.0 Å². The summed E-state index contributed by atoms with van der Waals surface area (Å²) in [6, 6.07) is 7.49. The molecule has 2 aromatic rings. The van der Waals surface area contributed by atoms with Crippen LogP contribution in [0.4, 0.5) is 5.69 Å². The Labute approximate surface area is 171 Å². The molecule has 0 spiro atoms. The Bertz CT molecular complexity index is 699. The number of aryl methyl sites for hydroxylation is 1. The molecule has 1 aliphatic heterocycles. The van der Waals surface area contributed by atoms with Crippen LogP contribution in [-0.2, 0) is 11.8 Å². The van der Waals surface area contributed by atoms with Gasteiger partial charge < -0.3 is 15.1 Å². The number of halogens is 3. The quantitative estimate of drug-likeness (QED) is 0.826. The third kappa shape index (κ3) is 5.04. The predicted molar refractivity (Wildman–Crippen MR) is 110 cm³/mol. The Morgan fingerprint density at radius 2 is 1.77 bits per heavy atom. The number of carbonyl (C=O) groups excluding carboxylic acids is 1. The predicted octanol–water partition coefficient (Wildman–Crippen LogP) is 2.53. The minimum absolute atomic E-state index is 0. The third-order valence-corrected chi connectivity index (χ3v) is 4.63. The lowest BCUT2D eigenvalue weighted by Crippen LogP contribution is -2.51. The Morgan fingerprint density at radius 3 is 2.27 bits per heavy atom. The number of aromatic nitrogens is 2. The number of likely N-dealkylation sites (N-methyl/N-ethyl adjacent to an activating group) is 1. The summed E-state index contributed by atoms with van der Waals surface area (Å²) in [6.07, 6.45) is 3.62. The van der Waals surface area contributed by atoms with Crippen molar-refractivity contribution in [2.75, 3.05) is 38.1 Å². The minimum Gasteiger partial charge on any atom is -0.368 e. The van der Waals surface area contributed by atoms with Crippen molar-refractivity contribution in [1.29, 1.82) is 0 Å². The van der Waals surface area contributed by atoms with Gasteiger partial charge in [-0.1, -0.05) is 11.6 Å². The zero-order valence-corrected chi connectivity index (χ0v) is 17.2. The molecule has 1 aliphatic rings. The smallest absolute Gasteiger partial charge is 0.244 e. The van der Waals surface area contributed by atoms with Crippen molar-refractivity contribution in [3.8, 4) is 0 Å². The van der Waals surface area contributed by atoms with Crippen LogP contribution in [-0.4, -0.2) is 53.8 Å². The van der Waals surface area contributed by atoms with Crippen molar-refractivity contribution in [2.24, 2.45) is 7.05 Å². The van der Waals surface area contributed by atoms with E-state index in [0.29, 0.717) is 13.1 Å². The van der Waals surface area contributed by atoms with Gasteiger partial charge in [-0.2, -0.15) is 5.10 Å². The second-order valence-corrected chi connectivity index (χ2v) is 6.39. The van der Waals surface area contributed by atoms with Crippen LogP contribution in [0.3, 0.4) is 0 Å². The second-order valence-electron chi connectivity index (χ2n) is 5.96. The highest BCUT2D eigenvalue weighted by Gasteiger charge is 2.28. The molecule has 1 aromatic carbocycles. The molecule has 0 aliphatic carbocycles. The first-order valence-corrected chi connectivity index (χ1v) is 8.41. The zero-order valence-electron chi connectivity index (χ0n) is 14.8. The first-order chi connectivity index (χ1) is 11.6. The van der Waals surface area contributed by atoms with Crippen molar-refractivity contribution in [3.05, 3.63) is 47.2 Å². The molecule has 1 amide bonds. The van der Waals surface area contributed by atoms with Crippen LogP contribution in [0.2, 0.25) is 5.02 Å². The molecule has 1 N–H and O–H groups in total. The first-order valence-electron chi connectivity index (χ1n) is 8.03. The summed E-state index contributed by atoms with van der Waals surface area (Å²) >= 11 is 5.94. The standard InChI is InChI=1S/C17H22ClN5O.2ClH/c1-19-16(13-11-20-21(2)12-13)17(24)23-9-7-22(8-10-23)15-5-3-14(18)4-6-15;;/h3-6,11-12,16,19H,7-10H2,1-2H3;2*1H. The van der Waals surface area contributed by atoms with Gasteiger partial charge in [0.25, 0.3) is 0 Å². The molecule has 9 heteroatoms. The van der Waals surface area contributed by atoms with Gasteiger partial charge in [0.1, 0.15) is 6.04 Å². The molecule has 1 atom stereocenters. The van der Waals surface area contributed by atoms with Crippen LogP contribution in [0, 0.1) is 0 Å². The summed E-state index contributed by atoms with van der Waals surface area (Å²) in [5.74, 6) is 0.0984. The van der Waals surface area contributed by atoms with Crippen LogP contribution in [0.5, 0.6) is 0 Å². The summed E-state index contributed by atoms with van der Waals surface area (Å²) in [4.78, 5) is 17.0. The number of nitrogens with one attached hydrogen (secondary N) is 1. The molecule has 0 radical (unpaired) electrons. The summed E-state index contributed by atoms with van der Waals surface area (Å²) in [7, 11) is 3.66. The average molecular weight is 421 g/mol. The van der Waals surface area contributed by atoms with Gasteiger partial charge in [0.15, 0.2) is 0 Å². The number of piperazine rings is 1. The van der Waals surface area contributed by atoms with E-state index in [1.807, 2.05) is 42.4 Å². The lowest BCUT2D eigenvalue weighted by molar-refractivity contribution is -0.133. The van der Waals surface area contributed by atoms with E-state index in [2.05, 4.69) is 15.3 Å². The topological polar surface area (TPSA) is 53.4 Å². The van der Waals surface area contributed by atoms with Crippen LogP contribution < -0.4 is 10.2 Å². The molecule has 26 heavy (non-hydrogen) atoms. The van der Waals surface area contributed by atoms with Crippen LogP contribution in [0.15, 0.2) is 36.7 Å². The number of amides is 1. The molecule has 0 saturated carbocycles. The van der Waals surface area contributed by atoms with Gasteiger partial charge in [-0.25, -0.2) is 0 Å². The zero-order chi connectivity index (χ0) is 17.1. The fourth-order valence-corrected chi connectivity index (χ4v) is 3.17. The summed E-state index contributed by atoms with van der Waals surface area (Å²) in [5.41, 5.74) is 2.04. The molecule has 1 aromatic heterocycles. The number of nitrogens with zero attached hydrogens (tertiary/aromatic N) is 4. The molecule has 144 valence electrons. The van der Waals surface area contributed by atoms with E-state index in [4.69, 9.17) is 11.6 Å². The van der Waals surface area contributed by atoms with Gasteiger partial charge in [-0.05, 0) is 31.3 Å². The third-order valence-electron chi connectivity index (χ3n) is 4.38. The van der Waals surface area contributed by atoms with Gasteiger partial charge in [-0.15, -0.1) is 24.8 Å². The number of rotatable bonds is 4. The summed E-state index contributed by atoms with van der Waals surface area (Å²) in [6.45, 7) is 3.05. The maximum absolute atomic E-state index is 12.8. The summed E-state index contributed by atoms with van der Waals surface area (Å²) < 4.78 is 1.71. The van der Waals surface area contributed by atoms with Crippen molar-refractivity contribution in [3.63, 3.8) is 0 Å². The maximum Gasteiger partial charge on any atom is 0.244 e. The van der Waals surface area contributed by atoms with E-state index in [9.17, 15) is 4.79 Å². The van der Waals surface area contributed by atoms with Crippen LogP contribution in [0.25, 0.3) is 0 Å². The van der Waals surface area contributed by atoms with Crippen molar-refractivity contribution < 1.29 is 4.79 Å². The second kappa shape index (κ2) is 10.0. The number of anilines is 1. The van der Waals surface area contributed by atoms with E-state index < -0.39 is 0 Å². The average Bonchev–Trinajstić information content (AvgIpc) is 3.02. The van der Waals surface area contributed by atoms with Gasteiger partial charge in [0, 0.05) is 55.7 Å². The lowest BCUT2D eigenvalue weighted by Gasteiger charge is -2.37. The molecular weight excluding hydrogens is 397 g/mol. The van der Waals surface area contributed by atoms with Crippen LogP contribution in [0.1, 0.15) is 11.6 Å². The maximum atomic E-state index is 12.8. The molecule has 1 fully saturated rings. The fraction of sp³-hybridized carbons (Fsp3) is 0.412. The molecule has 1 saturated heterocycles. The largest absolute Gasteiger partial charge is 0.368 e. The monoisotopic (exact) mass is 419 g/mol. The highest BCUT2D eigenvalue weighted by Crippen LogP contribution is 2.21. The normalized spacial score (nSPS) is 15.0. The van der Waals surface area contributed by atoms with E-state index in [1.54, 1.807) is 17.9 Å². The molecular formula is C17H24Cl3N5O. The molecule has 3 rings (SSSR count). The number of hydrogen-bond acceptors (Lipinski definition) is 4. The number of carbonyl (C=O) groups is 1. The Kier molecular flexibility index (Phi) is 8.70. The highest BCUT2D eigenvalue weighted by molar-refractivity contribution is 6.30. The Hall–Kier alpha value is -1.47. The van der Waals surface area contributed by atoms with Gasteiger partial charge >= 0.3 is 0 Å². The Balaban J connectivity index is 0.00000169. The number of benzene rings is 1. The highest BCUT2D eigenvalue weighted by atomic mass is 35.5. The molecule has 6 nitrogen and oxygen atoms in total. The minimum atomic E-state index is -0.346. The van der Waals surface area contributed by atoms with Gasteiger partial charge in [0.05, 0.1) is 6.20 Å². The molecule has 0 bridgehead atoms. The molecule has 2 heterocycles. The fourth-order valence-electron chi connectivity index (χ4n) is 3.04. The van der Waals surface area contributed by atoms with E-state index in [-0.39, 0.29) is 36.8 Å². The van der Waals surface area contributed by atoms with Crippen LogP contribution >= 0.6 is 36.4 Å². The van der Waals surface area contributed by atoms with Gasteiger partial charge in [-0.3, -0.25) is 9.48 Å². The van der Waals surface area contributed by atoms with Crippen molar-refractivity contribution >= 4 is 48.0 Å². The number of hydrogen-bond donors (Lipinski definition) is 1. The summed E-state index contributed by atoms with van der Waals surface area (Å²) in [5, 5.41) is 8.00. The SMILES string of the molecule is CNC(C(=O)N1CCN(c2ccc(Cl)cc2)CC1)c1cnn(C)c1.Cl.Cl. The Morgan fingerprint density at radius 1 is 1.15 bits per heavy atom. The van der Waals surface area contributed by atoms with Crippen molar-refractivity contribution in [2.45, 2.75) is 6.04 Å². The molecule has 1 unspecified atom stereocenters. The lowest BCUT2D eigenvalue weighted by atomic mass is 10.1.